The molecule has 0 amide bonds. The van der Waals surface area contributed by atoms with Crippen molar-refractivity contribution < 1.29 is 0 Å². The van der Waals surface area contributed by atoms with Crippen LogP contribution in [0.5, 0.6) is 0 Å². The second kappa shape index (κ2) is 7.74. The largest absolute Gasteiger partial charge is 0.364 e. The minimum Gasteiger partial charge on any atom is -0.364 e. The molecule has 0 saturated heterocycles. The van der Waals surface area contributed by atoms with Crippen LogP contribution in [0.15, 0.2) is 96.9 Å². The van der Waals surface area contributed by atoms with Crippen molar-refractivity contribution in [3.8, 4) is 11.1 Å². The molecule has 0 aromatic heterocycles. The fourth-order valence-electron chi connectivity index (χ4n) is 5.74. The van der Waals surface area contributed by atoms with Crippen molar-refractivity contribution in [3.05, 3.63) is 125 Å². The highest BCUT2D eigenvalue weighted by molar-refractivity contribution is 5.80. The summed E-state index contributed by atoms with van der Waals surface area (Å²) in [5.41, 5.74) is 13.1. The topological polar surface area (TPSA) is 12.0 Å². The number of rotatable bonds is 2. The van der Waals surface area contributed by atoms with Gasteiger partial charge in [-0.2, -0.15) is 0 Å². The Morgan fingerprint density at radius 3 is 2.52 bits per heavy atom. The van der Waals surface area contributed by atoms with Crippen LogP contribution < -0.4 is 5.32 Å². The quantitative estimate of drug-likeness (QED) is 0.489. The van der Waals surface area contributed by atoms with Crippen LogP contribution in [0.3, 0.4) is 0 Å². The van der Waals surface area contributed by atoms with Gasteiger partial charge in [-0.1, -0.05) is 78.9 Å². The Bertz CT molecular complexity index is 1230. The molecule has 0 bridgehead atoms. The highest BCUT2D eigenvalue weighted by atomic mass is 14.9. The number of fused-ring (bicyclic) bond motifs is 5. The molecule has 2 aliphatic carbocycles. The Balaban J connectivity index is 1.50. The summed E-state index contributed by atoms with van der Waals surface area (Å²) in [4.78, 5) is 0. The van der Waals surface area contributed by atoms with Gasteiger partial charge in [-0.25, -0.2) is 0 Å². The van der Waals surface area contributed by atoms with Crippen molar-refractivity contribution in [1.29, 1.82) is 0 Å². The minimum atomic E-state index is 0.411. The van der Waals surface area contributed by atoms with Crippen molar-refractivity contribution >= 4 is 5.57 Å². The molecule has 3 aromatic rings. The van der Waals surface area contributed by atoms with Crippen molar-refractivity contribution in [2.75, 3.05) is 0 Å². The van der Waals surface area contributed by atoms with Gasteiger partial charge in [0.1, 0.15) is 0 Å². The van der Waals surface area contributed by atoms with Gasteiger partial charge in [0, 0.05) is 23.4 Å². The monoisotopic (exact) mass is 401 g/mol. The molecule has 0 spiro atoms. The first-order chi connectivity index (χ1) is 15.4. The molecule has 31 heavy (non-hydrogen) atoms. The maximum Gasteiger partial charge on any atom is 0.0302 e. The lowest BCUT2D eigenvalue weighted by atomic mass is 9.73. The SMILES string of the molecule is C1=CNC(C2CCCc3c2ccc2c3CCc3ccccc3-2)=C(c2ccccc2)C=C1. The summed E-state index contributed by atoms with van der Waals surface area (Å²) in [6, 6.07) is 24.6. The highest BCUT2D eigenvalue weighted by Gasteiger charge is 2.29. The second-order valence-corrected chi connectivity index (χ2v) is 8.82. The van der Waals surface area contributed by atoms with E-state index in [4.69, 9.17) is 0 Å². The Hall–Kier alpha value is -3.32. The molecule has 152 valence electrons. The molecule has 0 fully saturated rings. The number of benzene rings is 3. The van der Waals surface area contributed by atoms with E-state index < -0.39 is 0 Å². The summed E-state index contributed by atoms with van der Waals surface area (Å²) in [5.74, 6) is 0.411. The van der Waals surface area contributed by atoms with Gasteiger partial charge in [0.2, 0.25) is 0 Å². The van der Waals surface area contributed by atoms with Gasteiger partial charge in [0.15, 0.2) is 0 Å². The van der Waals surface area contributed by atoms with Crippen LogP contribution in [0.2, 0.25) is 0 Å². The maximum atomic E-state index is 3.67. The van der Waals surface area contributed by atoms with Crippen LogP contribution in [0.1, 0.15) is 46.6 Å². The molecule has 1 heteroatoms. The van der Waals surface area contributed by atoms with Gasteiger partial charge in [-0.05, 0) is 77.1 Å². The summed E-state index contributed by atoms with van der Waals surface area (Å²) in [6.45, 7) is 0. The standard InChI is InChI=1S/C30H27N/c1-2-9-21(10-3-1)24-13-6-7-20-31-30(24)29-15-8-14-25-27-17-16-22-11-4-5-12-23(22)26(27)18-19-28(25)29/h1-7,9-13,18-20,29,31H,8,14-17H2. The first-order valence-electron chi connectivity index (χ1n) is 11.5. The van der Waals surface area contributed by atoms with E-state index in [2.05, 4.69) is 96.5 Å². The van der Waals surface area contributed by atoms with Crippen LogP contribution in [0, 0.1) is 0 Å². The van der Waals surface area contributed by atoms with Crippen LogP contribution in [-0.4, -0.2) is 0 Å². The summed E-state index contributed by atoms with van der Waals surface area (Å²) < 4.78 is 0. The molecule has 1 N–H and O–H groups in total. The van der Waals surface area contributed by atoms with E-state index in [0.717, 1.165) is 6.42 Å². The third-order valence-corrected chi connectivity index (χ3v) is 7.15. The number of hydrogen-bond acceptors (Lipinski definition) is 1. The third-order valence-electron chi connectivity index (χ3n) is 7.15. The van der Waals surface area contributed by atoms with E-state index in [-0.39, 0.29) is 0 Å². The lowest BCUT2D eigenvalue weighted by Gasteiger charge is -2.33. The first kappa shape index (κ1) is 18.4. The molecule has 0 saturated carbocycles. The van der Waals surface area contributed by atoms with Crippen molar-refractivity contribution in [2.45, 2.75) is 38.0 Å². The zero-order valence-corrected chi connectivity index (χ0v) is 17.8. The Morgan fingerprint density at radius 2 is 1.58 bits per heavy atom. The number of allylic oxidation sites excluding steroid dienone is 5. The van der Waals surface area contributed by atoms with Crippen molar-refractivity contribution in [1.82, 2.24) is 5.32 Å². The van der Waals surface area contributed by atoms with E-state index in [1.54, 1.807) is 11.1 Å². The lowest BCUT2D eigenvalue weighted by Crippen LogP contribution is -2.22. The van der Waals surface area contributed by atoms with Crippen LogP contribution in [0.25, 0.3) is 16.7 Å². The summed E-state index contributed by atoms with van der Waals surface area (Å²) >= 11 is 0. The maximum absolute atomic E-state index is 3.67. The molecule has 3 aromatic carbocycles. The molecule has 3 aliphatic rings. The van der Waals surface area contributed by atoms with E-state index in [1.807, 2.05) is 0 Å². The van der Waals surface area contributed by atoms with Gasteiger partial charge < -0.3 is 5.32 Å². The predicted molar refractivity (Wildman–Crippen MR) is 130 cm³/mol. The van der Waals surface area contributed by atoms with Gasteiger partial charge in [0.05, 0.1) is 0 Å². The Labute approximate surface area is 184 Å². The van der Waals surface area contributed by atoms with E-state index in [9.17, 15) is 0 Å². The Morgan fingerprint density at radius 1 is 0.710 bits per heavy atom. The van der Waals surface area contributed by atoms with E-state index >= 15 is 0 Å². The van der Waals surface area contributed by atoms with E-state index in [0.29, 0.717) is 5.92 Å². The van der Waals surface area contributed by atoms with Gasteiger partial charge >= 0.3 is 0 Å². The molecule has 1 aliphatic heterocycles. The number of aryl methyl sites for hydroxylation is 1. The van der Waals surface area contributed by atoms with Crippen LogP contribution >= 0.6 is 0 Å². The number of nitrogens with one attached hydrogen (secondary N) is 1. The van der Waals surface area contributed by atoms with Gasteiger partial charge in [-0.15, -0.1) is 0 Å². The molecule has 0 radical (unpaired) electrons. The fourth-order valence-corrected chi connectivity index (χ4v) is 5.74. The fraction of sp³-hybridized carbons (Fsp3) is 0.200. The predicted octanol–water partition coefficient (Wildman–Crippen LogP) is 6.96. The Kier molecular flexibility index (Phi) is 4.61. The van der Waals surface area contributed by atoms with Gasteiger partial charge in [-0.3, -0.25) is 0 Å². The minimum absolute atomic E-state index is 0.411. The van der Waals surface area contributed by atoms with Crippen LogP contribution in [-0.2, 0) is 19.3 Å². The summed E-state index contributed by atoms with van der Waals surface area (Å²) in [7, 11) is 0. The van der Waals surface area contributed by atoms with Crippen LogP contribution in [0.4, 0.5) is 0 Å². The first-order valence-corrected chi connectivity index (χ1v) is 11.5. The van der Waals surface area contributed by atoms with Crippen molar-refractivity contribution in [3.63, 3.8) is 0 Å². The summed E-state index contributed by atoms with van der Waals surface area (Å²) in [5, 5.41) is 3.67. The average molecular weight is 402 g/mol. The molecular weight excluding hydrogens is 374 g/mol. The molecule has 1 atom stereocenters. The molecule has 1 heterocycles. The molecule has 6 rings (SSSR count). The highest BCUT2D eigenvalue weighted by Crippen LogP contribution is 2.45. The lowest BCUT2D eigenvalue weighted by molar-refractivity contribution is 0.587. The second-order valence-electron chi connectivity index (χ2n) is 8.82. The molecule has 1 unspecified atom stereocenters. The van der Waals surface area contributed by atoms with E-state index in [1.165, 1.54) is 64.8 Å². The zero-order valence-electron chi connectivity index (χ0n) is 17.8. The van der Waals surface area contributed by atoms with Crippen molar-refractivity contribution in [2.24, 2.45) is 0 Å². The smallest absolute Gasteiger partial charge is 0.0302 e. The average Bonchev–Trinajstić information content (AvgIpc) is 3.10. The normalized spacial score (nSPS) is 19.2. The summed E-state index contributed by atoms with van der Waals surface area (Å²) in [6.07, 6.45) is 14.6. The van der Waals surface area contributed by atoms with Gasteiger partial charge in [0.25, 0.3) is 0 Å². The molecule has 1 nitrogen and oxygen atoms in total. The zero-order chi connectivity index (χ0) is 20.6. The third kappa shape index (κ3) is 3.16. The molecular formula is C30H27N. The number of hydrogen-bond donors (Lipinski definition) is 1.